The van der Waals surface area contributed by atoms with E-state index in [9.17, 15) is 9.59 Å². The van der Waals surface area contributed by atoms with Crippen LogP contribution in [0.15, 0.2) is 29.2 Å². The number of likely N-dealkylation sites (tertiary alicyclic amines) is 1. The van der Waals surface area contributed by atoms with Crippen molar-refractivity contribution >= 4 is 23.6 Å². The van der Waals surface area contributed by atoms with Crippen LogP contribution in [0.1, 0.15) is 18.4 Å². The summed E-state index contributed by atoms with van der Waals surface area (Å²) in [7, 11) is 0. The lowest BCUT2D eigenvalue weighted by Crippen LogP contribution is -2.44. The highest BCUT2D eigenvalue weighted by Gasteiger charge is 2.32. The van der Waals surface area contributed by atoms with Crippen LogP contribution in [0, 0.1) is 0 Å². The van der Waals surface area contributed by atoms with Crippen molar-refractivity contribution in [3.05, 3.63) is 29.8 Å². The predicted octanol–water partition coefficient (Wildman–Crippen LogP) is 1.43. The van der Waals surface area contributed by atoms with Gasteiger partial charge < -0.3 is 10.6 Å². The Morgan fingerprint density at radius 3 is 2.84 bits per heavy atom. The van der Waals surface area contributed by atoms with E-state index in [1.54, 1.807) is 16.7 Å². The van der Waals surface area contributed by atoms with E-state index in [1.165, 1.54) is 0 Å². The second kappa shape index (κ2) is 6.10. The van der Waals surface area contributed by atoms with Crippen molar-refractivity contribution in [2.45, 2.75) is 30.2 Å². The number of hydrogen-bond donors (Lipinski definition) is 1. The number of carbonyl (C=O) groups excluding carboxylic acids is 2. The maximum atomic E-state index is 12.3. The molecule has 1 atom stereocenters. The molecule has 0 spiro atoms. The maximum absolute atomic E-state index is 12.3. The summed E-state index contributed by atoms with van der Waals surface area (Å²) in [6.45, 7) is 0.633. The number of carbonyl (C=O) groups is 2. The van der Waals surface area contributed by atoms with Gasteiger partial charge >= 0.3 is 0 Å². The third kappa shape index (κ3) is 3.10. The first-order chi connectivity index (χ1) is 9.13. The quantitative estimate of drug-likeness (QED) is 0.847. The lowest BCUT2D eigenvalue weighted by molar-refractivity contribution is -0.136. The molecule has 2 rings (SSSR count). The zero-order valence-electron chi connectivity index (χ0n) is 11.0. The first kappa shape index (κ1) is 13.9. The van der Waals surface area contributed by atoms with Gasteiger partial charge in [-0.2, -0.15) is 0 Å². The van der Waals surface area contributed by atoms with Gasteiger partial charge in [-0.25, -0.2) is 0 Å². The molecule has 0 bridgehead atoms. The van der Waals surface area contributed by atoms with Crippen LogP contribution in [0.25, 0.3) is 0 Å². The average Bonchev–Trinajstić information content (AvgIpc) is 2.88. The average molecular weight is 278 g/mol. The summed E-state index contributed by atoms with van der Waals surface area (Å²) in [4.78, 5) is 26.3. The predicted molar refractivity (Wildman–Crippen MR) is 75.9 cm³/mol. The first-order valence-electron chi connectivity index (χ1n) is 6.34. The number of primary amides is 1. The molecule has 1 aromatic rings. The monoisotopic (exact) mass is 278 g/mol. The fourth-order valence-corrected chi connectivity index (χ4v) is 3.09. The van der Waals surface area contributed by atoms with Crippen molar-refractivity contribution in [2.75, 3.05) is 12.8 Å². The molecule has 102 valence electrons. The number of amides is 2. The molecule has 1 unspecified atom stereocenters. The summed E-state index contributed by atoms with van der Waals surface area (Å²) in [6.07, 6.45) is 3.86. The van der Waals surface area contributed by atoms with Gasteiger partial charge in [-0.05, 0) is 30.7 Å². The Bertz CT molecular complexity index is 490. The molecule has 19 heavy (non-hydrogen) atoms. The molecule has 1 aliphatic heterocycles. The molecule has 1 fully saturated rings. The van der Waals surface area contributed by atoms with Crippen LogP contribution in [-0.2, 0) is 16.0 Å². The fourth-order valence-electron chi connectivity index (χ4n) is 2.47. The molecular formula is C14H18N2O2S. The summed E-state index contributed by atoms with van der Waals surface area (Å²) < 4.78 is 0. The molecule has 1 saturated heterocycles. The fraction of sp³-hybridized carbons (Fsp3) is 0.429. The molecule has 0 radical (unpaired) electrons. The van der Waals surface area contributed by atoms with Crippen LogP contribution in [0.4, 0.5) is 0 Å². The molecule has 1 aliphatic rings. The van der Waals surface area contributed by atoms with E-state index in [4.69, 9.17) is 5.73 Å². The van der Waals surface area contributed by atoms with E-state index < -0.39 is 11.9 Å². The number of nitrogens with zero attached hydrogens (tertiary/aromatic N) is 1. The van der Waals surface area contributed by atoms with Gasteiger partial charge in [0.25, 0.3) is 0 Å². The molecule has 0 aromatic heterocycles. The molecule has 4 nitrogen and oxygen atoms in total. The van der Waals surface area contributed by atoms with E-state index in [1.807, 2.05) is 30.5 Å². The van der Waals surface area contributed by atoms with Gasteiger partial charge in [0, 0.05) is 11.4 Å². The Morgan fingerprint density at radius 1 is 1.42 bits per heavy atom. The summed E-state index contributed by atoms with van der Waals surface area (Å²) >= 11 is 1.62. The van der Waals surface area contributed by atoms with Crippen molar-refractivity contribution in [3.63, 3.8) is 0 Å². The number of nitrogens with two attached hydrogens (primary N) is 1. The lowest BCUT2D eigenvalue weighted by atomic mass is 10.1. The highest BCUT2D eigenvalue weighted by atomic mass is 32.2. The van der Waals surface area contributed by atoms with Crippen LogP contribution in [0.2, 0.25) is 0 Å². The van der Waals surface area contributed by atoms with Crippen LogP contribution in [0.3, 0.4) is 0 Å². The van der Waals surface area contributed by atoms with Gasteiger partial charge in [0.15, 0.2) is 0 Å². The third-order valence-corrected chi connectivity index (χ3v) is 4.27. The molecule has 5 heteroatoms. The van der Waals surface area contributed by atoms with E-state index >= 15 is 0 Å². The Kier molecular flexibility index (Phi) is 4.47. The highest BCUT2D eigenvalue weighted by molar-refractivity contribution is 7.98. The molecule has 2 N–H and O–H groups in total. The van der Waals surface area contributed by atoms with Crippen LogP contribution in [0.5, 0.6) is 0 Å². The van der Waals surface area contributed by atoms with Crippen LogP contribution >= 0.6 is 11.8 Å². The van der Waals surface area contributed by atoms with Crippen molar-refractivity contribution in [1.82, 2.24) is 4.90 Å². The molecule has 1 aromatic carbocycles. The minimum absolute atomic E-state index is 0.0113. The molecule has 2 amide bonds. The Balaban J connectivity index is 2.10. The van der Waals surface area contributed by atoms with Crippen molar-refractivity contribution in [3.8, 4) is 0 Å². The van der Waals surface area contributed by atoms with Crippen molar-refractivity contribution in [2.24, 2.45) is 5.73 Å². The van der Waals surface area contributed by atoms with E-state index in [0.717, 1.165) is 16.9 Å². The number of benzene rings is 1. The summed E-state index contributed by atoms with van der Waals surface area (Å²) in [5.41, 5.74) is 6.35. The molecular weight excluding hydrogens is 260 g/mol. The molecule has 1 heterocycles. The lowest BCUT2D eigenvalue weighted by Gasteiger charge is -2.22. The van der Waals surface area contributed by atoms with Crippen LogP contribution < -0.4 is 5.73 Å². The summed E-state index contributed by atoms with van der Waals surface area (Å²) in [5.74, 6) is -0.410. The molecule has 0 aliphatic carbocycles. The SMILES string of the molecule is CSc1ccccc1CC(=O)N1CCCC1C(N)=O. The second-order valence-corrected chi connectivity index (χ2v) is 5.48. The Hall–Kier alpha value is -1.49. The number of hydrogen-bond acceptors (Lipinski definition) is 3. The topological polar surface area (TPSA) is 63.4 Å². The third-order valence-electron chi connectivity index (χ3n) is 3.44. The Morgan fingerprint density at radius 2 is 2.16 bits per heavy atom. The minimum atomic E-state index is -0.422. The van der Waals surface area contributed by atoms with E-state index in [0.29, 0.717) is 19.4 Å². The standard InChI is InChI=1S/C14H18N2O2S/c1-19-12-7-3-2-5-10(12)9-13(17)16-8-4-6-11(16)14(15)18/h2-3,5,7,11H,4,6,8-9H2,1H3,(H2,15,18). The summed E-state index contributed by atoms with van der Waals surface area (Å²) in [6, 6.07) is 7.43. The maximum Gasteiger partial charge on any atom is 0.240 e. The first-order valence-corrected chi connectivity index (χ1v) is 7.56. The number of rotatable bonds is 4. The van der Waals surface area contributed by atoms with Gasteiger partial charge in [0.05, 0.1) is 6.42 Å². The van der Waals surface area contributed by atoms with Gasteiger partial charge in [0.1, 0.15) is 6.04 Å². The highest BCUT2D eigenvalue weighted by Crippen LogP contribution is 2.23. The zero-order valence-corrected chi connectivity index (χ0v) is 11.8. The van der Waals surface area contributed by atoms with Crippen molar-refractivity contribution in [1.29, 1.82) is 0 Å². The van der Waals surface area contributed by atoms with Crippen molar-refractivity contribution < 1.29 is 9.59 Å². The van der Waals surface area contributed by atoms with E-state index in [2.05, 4.69) is 0 Å². The van der Waals surface area contributed by atoms with Crippen LogP contribution in [-0.4, -0.2) is 35.6 Å². The molecule has 0 saturated carbocycles. The minimum Gasteiger partial charge on any atom is -0.368 e. The summed E-state index contributed by atoms with van der Waals surface area (Å²) in [5, 5.41) is 0. The second-order valence-electron chi connectivity index (χ2n) is 4.64. The largest absolute Gasteiger partial charge is 0.368 e. The van der Waals surface area contributed by atoms with E-state index in [-0.39, 0.29) is 5.91 Å². The zero-order chi connectivity index (χ0) is 13.8. The number of thioether (sulfide) groups is 1. The van der Waals surface area contributed by atoms with Gasteiger partial charge in [-0.3, -0.25) is 9.59 Å². The normalized spacial score (nSPS) is 18.6. The smallest absolute Gasteiger partial charge is 0.240 e. The Labute approximate surface area is 117 Å². The van der Waals surface area contributed by atoms with Gasteiger partial charge in [0.2, 0.25) is 11.8 Å². The van der Waals surface area contributed by atoms with Gasteiger partial charge in [-0.1, -0.05) is 18.2 Å². The van der Waals surface area contributed by atoms with Gasteiger partial charge in [-0.15, -0.1) is 11.8 Å².